The Hall–Kier alpha value is -0.120. The summed E-state index contributed by atoms with van der Waals surface area (Å²) in [6.45, 7) is 4.36. The molecule has 1 aliphatic rings. The molecule has 0 aromatic heterocycles. The summed E-state index contributed by atoms with van der Waals surface area (Å²) >= 11 is 0. The van der Waals surface area contributed by atoms with E-state index < -0.39 is 5.60 Å². The van der Waals surface area contributed by atoms with Gasteiger partial charge in [-0.15, -0.1) is 0 Å². The lowest BCUT2D eigenvalue weighted by atomic mass is 10.1. The standard InChI is InChI=1S/C10H22N2O/c1-10(13,8-12(2)3)7-11-6-9-4-5-9/h9,11,13H,4-8H2,1-3H3. The lowest BCUT2D eigenvalue weighted by molar-refractivity contribution is 0.0338. The topological polar surface area (TPSA) is 35.5 Å². The first-order chi connectivity index (χ1) is 5.99. The van der Waals surface area contributed by atoms with Gasteiger partial charge in [0.05, 0.1) is 5.60 Å². The molecule has 0 aromatic carbocycles. The highest BCUT2D eigenvalue weighted by Gasteiger charge is 2.24. The molecule has 0 bridgehead atoms. The zero-order valence-corrected chi connectivity index (χ0v) is 9.01. The minimum absolute atomic E-state index is 0.599. The van der Waals surface area contributed by atoms with Crippen molar-refractivity contribution in [2.75, 3.05) is 33.7 Å². The van der Waals surface area contributed by atoms with Gasteiger partial charge in [-0.05, 0) is 46.3 Å². The minimum Gasteiger partial charge on any atom is -0.388 e. The van der Waals surface area contributed by atoms with Crippen molar-refractivity contribution >= 4 is 0 Å². The average Bonchev–Trinajstić information content (AvgIpc) is 2.67. The van der Waals surface area contributed by atoms with E-state index in [0.29, 0.717) is 13.1 Å². The third-order valence-electron chi connectivity index (χ3n) is 2.29. The second kappa shape index (κ2) is 4.40. The van der Waals surface area contributed by atoms with Crippen LogP contribution >= 0.6 is 0 Å². The lowest BCUT2D eigenvalue weighted by Gasteiger charge is -2.27. The molecule has 1 atom stereocenters. The van der Waals surface area contributed by atoms with Crippen LogP contribution in [0.25, 0.3) is 0 Å². The number of hydrogen-bond donors (Lipinski definition) is 2. The summed E-state index contributed by atoms with van der Waals surface area (Å²) in [6.07, 6.45) is 2.73. The molecule has 1 saturated carbocycles. The van der Waals surface area contributed by atoms with Gasteiger partial charge in [-0.25, -0.2) is 0 Å². The highest BCUT2D eigenvalue weighted by atomic mass is 16.3. The number of hydrogen-bond acceptors (Lipinski definition) is 3. The Morgan fingerprint density at radius 1 is 1.46 bits per heavy atom. The molecule has 3 heteroatoms. The molecule has 0 spiro atoms. The van der Waals surface area contributed by atoms with Crippen molar-refractivity contribution < 1.29 is 5.11 Å². The Labute approximate surface area is 81.1 Å². The Kier molecular flexibility index (Phi) is 3.71. The van der Waals surface area contributed by atoms with E-state index in [4.69, 9.17) is 0 Å². The van der Waals surface area contributed by atoms with Crippen LogP contribution in [0.4, 0.5) is 0 Å². The number of rotatable bonds is 6. The van der Waals surface area contributed by atoms with Crippen molar-refractivity contribution in [3.8, 4) is 0 Å². The Morgan fingerprint density at radius 3 is 2.54 bits per heavy atom. The monoisotopic (exact) mass is 186 g/mol. The fourth-order valence-electron chi connectivity index (χ4n) is 1.60. The predicted octanol–water partition coefficient (Wildman–Crippen LogP) is 0.299. The smallest absolute Gasteiger partial charge is 0.0869 e. The van der Waals surface area contributed by atoms with Crippen LogP contribution in [0.5, 0.6) is 0 Å². The summed E-state index contributed by atoms with van der Waals surface area (Å²) in [6, 6.07) is 0. The molecule has 78 valence electrons. The Bertz CT molecular complexity index is 153. The van der Waals surface area contributed by atoms with E-state index in [1.165, 1.54) is 12.8 Å². The van der Waals surface area contributed by atoms with E-state index in [9.17, 15) is 5.11 Å². The van der Waals surface area contributed by atoms with E-state index in [2.05, 4.69) is 5.32 Å². The van der Waals surface area contributed by atoms with Gasteiger partial charge < -0.3 is 15.3 Å². The molecule has 13 heavy (non-hydrogen) atoms. The van der Waals surface area contributed by atoms with Gasteiger partial charge in [-0.2, -0.15) is 0 Å². The molecule has 2 N–H and O–H groups in total. The summed E-state index contributed by atoms with van der Waals surface area (Å²) in [5.74, 6) is 0.884. The van der Waals surface area contributed by atoms with Gasteiger partial charge in [-0.1, -0.05) is 0 Å². The second-order valence-corrected chi connectivity index (χ2v) is 4.81. The van der Waals surface area contributed by atoms with Crippen LogP contribution in [0.1, 0.15) is 19.8 Å². The lowest BCUT2D eigenvalue weighted by Crippen LogP contribution is -2.45. The molecule has 3 nitrogen and oxygen atoms in total. The SMILES string of the molecule is CN(C)CC(C)(O)CNCC1CC1. The molecule has 1 unspecified atom stereocenters. The van der Waals surface area contributed by atoms with Crippen molar-refractivity contribution in [2.45, 2.75) is 25.4 Å². The van der Waals surface area contributed by atoms with E-state index >= 15 is 0 Å². The van der Waals surface area contributed by atoms with Gasteiger partial charge in [0.15, 0.2) is 0 Å². The van der Waals surface area contributed by atoms with E-state index in [1.807, 2.05) is 25.9 Å². The Morgan fingerprint density at radius 2 is 2.08 bits per heavy atom. The van der Waals surface area contributed by atoms with Gasteiger partial charge in [0, 0.05) is 13.1 Å². The van der Waals surface area contributed by atoms with Crippen molar-refractivity contribution in [3.63, 3.8) is 0 Å². The van der Waals surface area contributed by atoms with Crippen LogP contribution in [0.3, 0.4) is 0 Å². The first-order valence-electron chi connectivity index (χ1n) is 5.07. The molecule has 0 aromatic rings. The molecule has 0 heterocycles. The number of nitrogens with one attached hydrogen (secondary N) is 1. The second-order valence-electron chi connectivity index (χ2n) is 4.81. The van der Waals surface area contributed by atoms with Crippen LogP contribution in [-0.2, 0) is 0 Å². The molecule has 0 radical (unpaired) electrons. The molecular formula is C10H22N2O. The maximum atomic E-state index is 9.91. The van der Waals surface area contributed by atoms with Gasteiger partial charge in [0.25, 0.3) is 0 Å². The molecule has 1 fully saturated rings. The summed E-state index contributed by atoms with van der Waals surface area (Å²) in [4.78, 5) is 2.01. The van der Waals surface area contributed by atoms with Crippen molar-refractivity contribution in [1.82, 2.24) is 10.2 Å². The number of likely N-dealkylation sites (N-methyl/N-ethyl adjacent to an activating group) is 1. The van der Waals surface area contributed by atoms with Crippen LogP contribution < -0.4 is 5.32 Å². The predicted molar refractivity (Wildman–Crippen MR) is 54.8 cm³/mol. The minimum atomic E-state index is -0.599. The zero-order chi connectivity index (χ0) is 9.90. The van der Waals surface area contributed by atoms with E-state index in [1.54, 1.807) is 0 Å². The molecule has 0 saturated heterocycles. The van der Waals surface area contributed by atoms with Crippen LogP contribution in [-0.4, -0.2) is 49.3 Å². The normalized spacial score (nSPS) is 21.9. The van der Waals surface area contributed by atoms with Crippen molar-refractivity contribution in [1.29, 1.82) is 0 Å². The first-order valence-corrected chi connectivity index (χ1v) is 5.07. The van der Waals surface area contributed by atoms with E-state index in [-0.39, 0.29) is 0 Å². The number of aliphatic hydroxyl groups is 1. The summed E-state index contributed by atoms with van der Waals surface area (Å²) in [5, 5.41) is 13.2. The van der Waals surface area contributed by atoms with Crippen LogP contribution in [0.15, 0.2) is 0 Å². The average molecular weight is 186 g/mol. The maximum absolute atomic E-state index is 9.91. The molecule has 1 rings (SSSR count). The summed E-state index contributed by atoms with van der Waals surface area (Å²) < 4.78 is 0. The van der Waals surface area contributed by atoms with Crippen LogP contribution in [0.2, 0.25) is 0 Å². The quantitative estimate of drug-likeness (QED) is 0.626. The largest absolute Gasteiger partial charge is 0.388 e. The third kappa shape index (κ3) is 5.24. The fraction of sp³-hybridized carbons (Fsp3) is 1.00. The summed E-state index contributed by atoms with van der Waals surface area (Å²) in [5.41, 5.74) is -0.599. The fourth-order valence-corrected chi connectivity index (χ4v) is 1.60. The van der Waals surface area contributed by atoms with E-state index in [0.717, 1.165) is 12.5 Å². The maximum Gasteiger partial charge on any atom is 0.0869 e. The molecule has 1 aliphatic carbocycles. The zero-order valence-electron chi connectivity index (χ0n) is 9.01. The van der Waals surface area contributed by atoms with Crippen molar-refractivity contribution in [3.05, 3.63) is 0 Å². The third-order valence-corrected chi connectivity index (χ3v) is 2.29. The molecular weight excluding hydrogens is 164 g/mol. The number of nitrogens with zero attached hydrogens (tertiary/aromatic N) is 1. The first kappa shape index (κ1) is 11.0. The van der Waals surface area contributed by atoms with Gasteiger partial charge >= 0.3 is 0 Å². The van der Waals surface area contributed by atoms with Gasteiger partial charge in [-0.3, -0.25) is 0 Å². The summed E-state index contributed by atoms with van der Waals surface area (Å²) in [7, 11) is 3.96. The molecule has 0 aliphatic heterocycles. The van der Waals surface area contributed by atoms with Crippen LogP contribution in [0, 0.1) is 5.92 Å². The van der Waals surface area contributed by atoms with Gasteiger partial charge in [0.2, 0.25) is 0 Å². The Balaban J connectivity index is 2.08. The highest BCUT2D eigenvalue weighted by Crippen LogP contribution is 2.27. The molecule has 0 amide bonds. The highest BCUT2D eigenvalue weighted by molar-refractivity contribution is 4.81. The van der Waals surface area contributed by atoms with Crippen molar-refractivity contribution in [2.24, 2.45) is 5.92 Å². The van der Waals surface area contributed by atoms with Gasteiger partial charge in [0.1, 0.15) is 0 Å².